The summed E-state index contributed by atoms with van der Waals surface area (Å²) in [6, 6.07) is 3.52. The Morgan fingerprint density at radius 1 is 1.43 bits per heavy atom. The summed E-state index contributed by atoms with van der Waals surface area (Å²) in [5.41, 5.74) is 0.832. The number of benzene rings is 1. The lowest BCUT2D eigenvalue weighted by molar-refractivity contribution is -0.120. The van der Waals surface area contributed by atoms with Gasteiger partial charge in [0.15, 0.2) is 4.80 Å². The minimum Gasteiger partial charge on any atom is -0.383 e. The molecule has 0 bridgehead atoms. The molecule has 0 saturated heterocycles. The van der Waals surface area contributed by atoms with Crippen molar-refractivity contribution >= 4 is 50.7 Å². The molecular weight excluding hydrogens is 331 g/mol. The van der Waals surface area contributed by atoms with Crippen molar-refractivity contribution in [3.63, 3.8) is 0 Å². The van der Waals surface area contributed by atoms with Gasteiger partial charge in [-0.3, -0.25) is 4.79 Å². The average Bonchev–Trinajstić information content (AvgIpc) is 2.73. The van der Waals surface area contributed by atoms with Crippen LogP contribution in [0.2, 0.25) is 10.0 Å². The molecule has 0 fully saturated rings. The van der Waals surface area contributed by atoms with Crippen LogP contribution in [-0.2, 0) is 16.1 Å². The van der Waals surface area contributed by atoms with Gasteiger partial charge in [0.1, 0.15) is 0 Å². The minimum atomic E-state index is -0.157. The Labute approximate surface area is 137 Å². The first kappa shape index (κ1) is 16.5. The third-order valence-electron chi connectivity index (χ3n) is 2.91. The van der Waals surface area contributed by atoms with Crippen LogP contribution >= 0.6 is 34.5 Å². The van der Waals surface area contributed by atoms with Gasteiger partial charge in [-0.05, 0) is 12.1 Å². The highest BCUT2D eigenvalue weighted by Gasteiger charge is 2.13. The Balaban J connectivity index is 2.69. The van der Waals surface area contributed by atoms with Gasteiger partial charge in [0.25, 0.3) is 5.91 Å². The molecule has 0 saturated carbocycles. The molecule has 1 aromatic carbocycles. The molecule has 4 nitrogen and oxygen atoms in total. The van der Waals surface area contributed by atoms with E-state index < -0.39 is 0 Å². The second kappa shape index (κ2) is 6.92. The van der Waals surface area contributed by atoms with Gasteiger partial charge in [0.05, 0.1) is 21.8 Å². The Hall–Kier alpha value is -0.880. The summed E-state index contributed by atoms with van der Waals surface area (Å²) in [6.07, 6.45) is 0. The summed E-state index contributed by atoms with van der Waals surface area (Å²) in [5, 5.41) is 1.11. The predicted molar refractivity (Wildman–Crippen MR) is 87.1 cm³/mol. The van der Waals surface area contributed by atoms with E-state index in [1.165, 1.54) is 11.3 Å². The van der Waals surface area contributed by atoms with Gasteiger partial charge in [-0.25, -0.2) is 0 Å². The second-order valence-electron chi connectivity index (χ2n) is 4.87. The third-order valence-corrected chi connectivity index (χ3v) is 4.45. The molecule has 0 aliphatic rings. The molecule has 2 rings (SSSR count). The van der Waals surface area contributed by atoms with Gasteiger partial charge in [0.2, 0.25) is 0 Å². The molecule has 0 N–H and O–H groups in total. The predicted octanol–water partition coefficient (Wildman–Crippen LogP) is 3.74. The second-order valence-corrected chi connectivity index (χ2v) is 6.72. The number of hydrogen-bond donors (Lipinski definition) is 0. The molecule has 0 spiro atoms. The summed E-state index contributed by atoms with van der Waals surface area (Å²) in [6.45, 7) is 4.72. The van der Waals surface area contributed by atoms with Crippen LogP contribution in [0.5, 0.6) is 0 Å². The Bertz CT molecular complexity index is 734. The number of carbonyl (C=O) groups excluding carboxylic acids is 1. The lowest BCUT2D eigenvalue weighted by Gasteiger charge is -2.06. The molecule has 2 aromatic rings. The van der Waals surface area contributed by atoms with E-state index in [1.54, 1.807) is 13.2 Å². The van der Waals surface area contributed by atoms with Crippen LogP contribution in [0.4, 0.5) is 0 Å². The number of ether oxygens (including phenoxy) is 1. The van der Waals surface area contributed by atoms with Crippen molar-refractivity contribution in [1.29, 1.82) is 0 Å². The maximum Gasteiger partial charge on any atom is 0.250 e. The summed E-state index contributed by atoms with van der Waals surface area (Å²) in [4.78, 5) is 16.7. The number of halogens is 2. The number of hydrogen-bond acceptors (Lipinski definition) is 3. The highest BCUT2D eigenvalue weighted by molar-refractivity contribution is 7.16. The van der Waals surface area contributed by atoms with Crippen molar-refractivity contribution < 1.29 is 9.53 Å². The molecule has 1 aromatic heterocycles. The maximum absolute atomic E-state index is 11.9. The standard InChI is InChI=1S/C14H16Cl2N2O2S/c1-8(2)13(19)17-14-18(4-5-20-3)12-10(16)6-9(15)7-11(12)21-14/h6-8H,4-5H2,1-3H3. The molecule has 114 valence electrons. The van der Waals surface area contributed by atoms with Crippen molar-refractivity contribution in [3.8, 4) is 0 Å². The van der Waals surface area contributed by atoms with E-state index in [0.29, 0.717) is 28.0 Å². The monoisotopic (exact) mass is 346 g/mol. The molecule has 7 heteroatoms. The van der Waals surface area contributed by atoms with E-state index in [-0.39, 0.29) is 11.8 Å². The fraction of sp³-hybridized carbons (Fsp3) is 0.429. The van der Waals surface area contributed by atoms with Gasteiger partial charge in [-0.1, -0.05) is 48.4 Å². The zero-order chi connectivity index (χ0) is 15.6. The largest absolute Gasteiger partial charge is 0.383 e. The lowest BCUT2D eigenvalue weighted by Crippen LogP contribution is -2.20. The molecule has 1 amide bonds. The smallest absolute Gasteiger partial charge is 0.250 e. The number of methoxy groups -OCH3 is 1. The van der Waals surface area contributed by atoms with E-state index in [4.69, 9.17) is 27.9 Å². The van der Waals surface area contributed by atoms with Gasteiger partial charge in [-0.15, -0.1) is 0 Å². The zero-order valence-corrected chi connectivity index (χ0v) is 14.3. The summed E-state index contributed by atoms with van der Waals surface area (Å²) >= 11 is 13.7. The van der Waals surface area contributed by atoms with E-state index in [9.17, 15) is 4.79 Å². The molecule has 0 atom stereocenters. The minimum absolute atomic E-state index is 0.148. The van der Waals surface area contributed by atoms with Gasteiger partial charge in [-0.2, -0.15) is 4.99 Å². The van der Waals surface area contributed by atoms with Crippen LogP contribution in [0.15, 0.2) is 17.1 Å². The SMILES string of the molecule is COCCn1c(=NC(=O)C(C)C)sc2cc(Cl)cc(Cl)c21. The molecule has 0 aliphatic heterocycles. The summed E-state index contributed by atoms with van der Waals surface area (Å²) in [7, 11) is 1.63. The maximum atomic E-state index is 11.9. The van der Waals surface area contributed by atoms with Crippen LogP contribution in [0.1, 0.15) is 13.8 Å². The first-order chi connectivity index (χ1) is 9.93. The number of aromatic nitrogens is 1. The number of amides is 1. The lowest BCUT2D eigenvalue weighted by atomic mass is 10.2. The van der Waals surface area contributed by atoms with Crippen LogP contribution in [-0.4, -0.2) is 24.2 Å². The number of carbonyl (C=O) groups is 1. The molecule has 0 unspecified atom stereocenters. The zero-order valence-electron chi connectivity index (χ0n) is 12.0. The highest BCUT2D eigenvalue weighted by Crippen LogP contribution is 2.29. The average molecular weight is 347 g/mol. The topological polar surface area (TPSA) is 43.6 Å². The van der Waals surface area contributed by atoms with E-state index in [1.807, 2.05) is 24.5 Å². The van der Waals surface area contributed by atoms with Crippen molar-refractivity contribution in [2.45, 2.75) is 20.4 Å². The number of nitrogens with zero attached hydrogens (tertiary/aromatic N) is 2. The molecular formula is C14H16Cl2N2O2S. The summed E-state index contributed by atoms with van der Waals surface area (Å²) < 4.78 is 7.93. The Kier molecular flexibility index (Phi) is 5.43. The Morgan fingerprint density at radius 3 is 2.76 bits per heavy atom. The highest BCUT2D eigenvalue weighted by atomic mass is 35.5. The number of thiazole rings is 1. The fourth-order valence-corrected chi connectivity index (χ4v) is 3.67. The molecule has 1 heterocycles. The first-order valence-electron chi connectivity index (χ1n) is 6.50. The summed E-state index contributed by atoms with van der Waals surface area (Å²) in [5.74, 6) is -0.305. The van der Waals surface area contributed by atoms with Crippen LogP contribution < -0.4 is 4.80 Å². The van der Waals surface area contributed by atoms with Gasteiger partial charge in [0, 0.05) is 24.6 Å². The van der Waals surface area contributed by atoms with E-state index in [2.05, 4.69) is 4.99 Å². The first-order valence-corrected chi connectivity index (χ1v) is 8.07. The third kappa shape index (κ3) is 3.66. The van der Waals surface area contributed by atoms with Crippen molar-refractivity contribution in [2.24, 2.45) is 10.9 Å². The molecule has 21 heavy (non-hydrogen) atoms. The van der Waals surface area contributed by atoms with Crippen LogP contribution in [0.25, 0.3) is 10.2 Å². The van der Waals surface area contributed by atoms with Crippen LogP contribution in [0.3, 0.4) is 0 Å². The van der Waals surface area contributed by atoms with Crippen molar-refractivity contribution in [1.82, 2.24) is 4.57 Å². The molecule has 0 aliphatic carbocycles. The fourth-order valence-electron chi connectivity index (χ4n) is 1.83. The van der Waals surface area contributed by atoms with E-state index >= 15 is 0 Å². The van der Waals surface area contributed by atoms with Gasteiger partial charge >= 0.3 is 0 Å². The van der Waals surface area contributed by atoms with Crippen molar-refractivity contribution in [3.05, 3.63) is 27.0 Å². The normalized spacial score (nSPS) is 12.6. The number of rotatable bonds is 4. The number of fused-ring (bicyclic) bond motifs is 1. The molecule has 0 radical (unpaired) electrons. The van der Waals surface area contributed by atoms with Crippen LogP contribution in [0, 0.1) is 5.92 Å². The Morgan fingerprint density at radius 2 is 2.14 bits per heavy atom. The van der Waals surface area contributed by atoms with Gasteiger partial charge < -0.3 is 9.30 Å². The van der Waals surface area contributed by atoms with Crippen molar-refractivity contribution in [2.75, 3.05) is 13.7 Å². The quantitative estimate of drug-likeness (QED) is 0.846. The van der Waals surface area contributed by atoms with E-state index in [0.717, 1.165) is 10.2 Å².